The van der Waals surface area contributed by atoms with Crippen LogP contribution in [0, 0.1) is 0 Å². The van der Waals surface area contributed by atoms with Gasteiger partial charge in [-0.15, -0.1) is 0 Å². The van der Waals surface area contributed by atoms with Gasteiger partial charge in [-0.3, -0.25) is 19.3 Å². The minimum atomic E-state index is -3.73. The average molecular weight is 533 g/mol. The number of unbranched alkanes of at least 4 members (excludes halogenated alkanes) is 1. The Bertz CT molecular complexity index is 1390. The van der Waals surface area contributed by atoms with Crippen LogP contribution in [0.5, 0.6) is 11.5 Å². The van der Waals surface area contributed by atoms with E-state index in [9.17, 15) is 22.8 Å². The maximum absolute atomic E-state index is 14.0. The largest absolute Gasteiger partial charge is 0.493 e. The normalized spacial score (nSPS) is 15.1. The van der Waals surface area contributed by atoms with E-state index in [1.807, 2.05) is 6.92 Å². The number of nitrogens with one attached hydrogen (secondary N) is 1. The third-order valence-corrected chi connectivity index (χ3v) is 6.79. The molecule has 0 saturated carbocycles. The summed E-state index contributed by atoms with van der Waals surface area (Å²) in [5, 5.41) is 2.55. The number of sulfone groups is 1. The Balaban J connectivity index is 2.25. The highest BCUT2D eigenvalue weighted by atomic mass is 32.2. The van der Waals surface area contributed by atoms with E-state index in [2.05, 4.69) is 5.32 Å². The second kappa shape index (κ2) is 11.8. The van der Waals surface area contributed by atoms with Crippen LogP contribution < -0.4 is 14.8 Å². The number of hydrogen-bond donors (Lipinski definition) is 1. The minimum absolute atomic E-state index is 0.0174. The lowest BCUT2D eigenvalue weighted by Crippen LogP contribution is -2.38. The van der Waals surface area contributed by atoms with Crippen molar-refractivity contribution in [2.24, 2.45) is 0 Å². The quantitative estimate of drug-likeness (QED) is 0.408. The number of nitrogens with zero attached hydrogens (tertiary/aromatic N) is 1. The van der Waals surface area contributed by atoms with Crippen LogP contribution >= 0.6 is 0 Å². The smallest absolute Gasteiger partial charge is 0.264 e. The summed E-state index contributed by atoms with van der Waals surface area (Å²) in [6.45, 7) is 5.22. The summed E-state index contributed by atoms with van der Waals surface area (Å²) in [6.07, 6.45) is 0.433. The van der Waals surface area contributed by atoms with Gasteiger partial charge in [0.25, 0.3) is 11.8 Å². The van der Waals surface area contributed by atoms with Gasteiger partial charge in [-0.05, 0) is 49.0 Å². The molecule has 0 spiro atoms. The second-order valence-corrected chi connectivity index (χ2v) is 11.0. The molecule has 3 rings (SSSR count). The van der Waals surface area contributed by atoms with Crippen LogP contribution in [0.4, 0.5) is 5.69 Å². The molecule has 0 bridgehead atoms. The van der Waals surface area contributed by atoms with Crippen molar-refractivity contribution in [3.63, 3.8) is 0 Å². The molecule has 9 nitrogen and oxygen atoms in total. The van der Waals surface area contributed by atoms with E-state index in [4.69, 9.17) is 12.2 Å². The number of hydrogen-bond acceptors (Lipinski definition) is 7. The van der Waals surface area contributed by atoms with Gasteiger partial charge in [-0.25, -0.2) is 8.42 Å². The van der Waals surface area contributed by atoms with Crippen molar-refractivity contribution in [1.82, 2.24) is 4.90 Å². The lowest BCUT2D eigenvalue weighted by atomic mass is 9.96. The molecule has 37 heavy (non-hydrogen) atoms. The van der Waals surface area contributed by atoms with Gasteiger partial charge in [0.1, 0.15) is 9.84 Å². The molecule has 1 heterocycles. The number of methoxy groups -OCH3 is 1. The maximum atomic E-state index is 14.0. The van der Waals surface area contributed by atoms with Gasteiger partial charge in [0.2, 0.25) is 5.91 Å². The number of carbonyl (C=O) groups excluding carboxylic acids is 3. The number of carbonyl (C=O) groups is 3. The van der Waals surface area contributed by atoms with E-state index in [0.717, 1.165) is 17.6 Å². The molecule has 3 amide bonds. The second-order valence-electron chi connectivity index (χ2n) is 8.80. The van der Waals surface area contributed by atoms with Crippen LogP contribution in [0.3, 0.4) is 0 Å². The molecule has 2 aromatic carbocycles. The zero-order valence-corrected chi connectivity index (χ0v) is 22.5. The van der Waals surface area contributed by atoms with Gasteiger partial charge in [0, 0.05) is 15.9 Å². The summed E-state index contributed by atoms with van der Waals surface area (Å²) >= 11 is 0. The Labute approximate surface area is 220 Å². The van der Waals surface area contributed by atoms with Gasteiger partial charge in [0.15, 0.2) is 11.5 Å². The van der Waals surface area contributed by atoms with Crippen LogP contribution in [0.15, 0.2) is 30.3 Å². The number of anilines is 1. The van der Waals surface area contributed by atoms with E-state index in [-0.39, 0.29) is 28.8 Å². The van der Waals surface area contributed by atoms with Crippen molar-refractivity contribution in [1.29, 1.82) is 0 Å². The molecule has 200 valence electrons. The molecule has 0 aromatic heterocycles. The fourth-order valence-electron chi connectivity index (χ4n) is 4.28. The number of aryl methyl sites for hydroxylation is 1. The van der Waals surface area contributed by atoms with Crippen molar-refractivity contribution in [3.8, 4) is 11.5 Å². The van der Waals surface area contributed by atoms with E-state index in [1.54, 1.807) is 19.1 Å². The Morgan fingerprint density at radius 1 is 1.08 bits per heavy atom. The third kappa shape index (κ3) is 6.30. The molecule has 1 aliphatic heterocycles. The molecule has 0 radical (unpaired) electrons. The summed E-state index contributed by atoms with van der Waals surface area (Å²) in [5.41, 5.74) is 0.0466. The van der Waals surface area contributed by atoms with E-state index in [0.29, 0.717) is 30.1 Å². The minimum Gasteiger partial charge on any atom is -0.493 e. The van der Waals surface area contributed by atoms with Crippen molar-refractivity contribution < 1.29 is 35.0 Å². The average Bonchev–Trinajstić information content (AvgIpc) is 3.11. The molecule has 0 unspecified atom stereocenters. The van der Waals surface area contributed by atoms with Crippen molar-refractivity contribution in [3.05, 3.63) is 52.6 Å². The molecular formula is C27H34N2O7S. The zero-order chi connectivity index (χ0) is 29.1. The first-order valence-electron chi connectivity index (χ1n) is 13.1. The standard InChI is InChI=1S/C27H34N2O7S/c1-6-8-9-10-18-11-13-20(28-17(3)30)25-24(18)26(31)29(27(25)32)21(16-37(5,33)34)19-12-14-22(35-4)23(15-19)36-7-2/h11-15,21H,6-10,16H2,1-5H3,(H,28,30)/t21-/m1/s1/i10D2. The number of rotatable bonds is 12. The van der Waals surface area contributed by atoms with Crippen molar-refractivity contribution in [2.75, 3.05) is 31.0 Å². The van der Waals surface area contributed by atoms with E-state index < -0.39 is 45.7 Å². The predicted octanol–water partition coefficient (Wildman–Crippen LogP) is 4.17. The molecule has 0 saturated heterocycles. The van der Waals surface area contributed by atoms with E-state index in [1.165, 1.54) is 32.2 Å². The van der Waals surface area contributed by atoms with Crippen LogP contribution in [0.25, 0.3) is 0 Å². The van der Waals surface area contributed by atoms with Crippen LogP contribution in [-0.4, -0.2) is 56.8 Å². The third-order valence-electron chi connectivity index (χ3n) is 5.87. The van der Waals surface area contributed by atoms with Crippen molar-refractivity contribution >= 4 is 33.2 Å². The number of imide groups is 1. The predicted molar refractivity (Wildman–Crippen MR) is 141 cm³/mol. The monoisotopic (exact) mass is 532 g/mol. The molecule has 1 aliphatic rings. The first kappa shape index (κ1) is 25.3. The van der Waals surface area contributed by atoms with Gasteiger partial charge in [0.05, 0.1) is 42.3 Å². The SMILES string of the molecule is [2H]C([2H])(CCCC)c1ccc(NC(C)=O)c2c1C(=O)N([C@H](CS(C)(=O)=O)c1ccc(OC)c(OCC)c1)C2=O. The molecule has 10 heteroatoms. The number of benzene rings is 2. The van der Waals surface area contributed by atoms with Gasteiger partial charge < -0.3 is 14.8 Å². The highest BCUT2D eigenvalue weighted by Gasteiger charge is 2.44. The number of fused-ring (bicyclic) bond motifs is 1. The Morgan fingerprint density at radius 2 is 1.78 bits per heavy atom. The number of ether oxygens (including phenoxy) is 2. The highest BCUT2D eigenvalue weighted by molar-refractivity contribution is 7.90. The number of amides is 3. The van der Waals surface area contributed by atoms with Crippen LogP contribution in [0.2, 0.25) is 0 Å². The van der Waals surface area contributed by atoms with Gasteiger partial charge in [-0.1, -0.05) is 31.9 Å². The summed E-state index contributed by atoms with van der Waals surface area (Å²) in [4.78, 5) is 40.7. The van der Waals surface area contributed by atoms with Gasteiger partial charge in [-0.2, -0.15) is 0 Å². The Hall–Kier alpha value is -3.40. The zero-order valence-electron chi connectivity index (χ0n) is 23.7. The lowest BCUT2D eigenvalue weighted by molar-refractivity contribution is -0.114. The molecule has 0 aliphatic carbocycles. The van der Waals surface area contributed by atoms with Crippen molar-refractivity contribution in [2.45, 2.75) is 52.4 Å². The lowest BCUT2D eigenvalue weighted by Gasteiger charge is -2.27. The van der Waals surface area contributed by atoms with Crippen LogP contribution in [0.1, 0.15) is 80.7 Å². The fraction of sp³-hybridized carbons (Fsp3) is 0.444. The van der Waals surface area contributed by atoms with Crippen LogP contribution in [-0.2, 0) is 21.0 Å². The van der Waals surface area contributed by atoms with E-state index >= 15 is 0 Å². The summed E-state index contributed by atoms with van der Waals surface area (Å²) < 4.78 is 53.4. The van der Waals surface area contributed by atoms with Gasteiger partial charge >= 0.3 is 0 Å². The summed E-state index contributed by atoms with van der Waals surface area (Å²) in [5.74, 6) is -2.02. The summed E-state index contributed by atoms with van der Waals surface area (Å²) in [7, 11) is -2.27. The molecule has 2 aromatic rings. The first-order chi connectivity index (χ1) is 18.3. The highest BCUT2D eigenvalue weighted by Crippen LogP contribution is 2.40. The topological polar surface area (TPSA) is 119 Å². The Morgan fingerprint density at radius 3 is 2.38 bits per heavy atom. The maximum Gasteiger partial charge on any atom is 0.264 e. The fourth-order valence-corrected chi connectivity index (χ4v) is 5.19. The first-order valence-corrected chi connectivity index (χ1v) is 14.1. The molecule has 1 N–H and O–H groups in total. The summed E-state index contributed by atoms with van der Waals surface area (Å²) in [6, 6.07) is 6.19. The molecular weight excluding hydrogens is 496 g/mol. The molecule has 0 fully saturated rings. The molecule has 1 atom stereocenters. The Kier molecular flexibility index (Phi) is 8.03.